The van der Waals surface area contributed by atoms with E-state index in [1.807, 2.05) is 13.0 Å². The van der Waals surface area contributed by atoms with Crippen molar-refractivity contribution in [1.82, 2.24) is 9.88 Å². The molecule has 3 rings (SSSR count). The highest BCUT2D eigenvalue weighted by molar-refractivity contribution is 7.18. The molecule has 0 amide bonds. The summed E-state index contributed by atoms with van der Waals surface area (Å²) in [6.45, 7) is 2.97. The summed E-state index contributed by atoms with van der Waals surface area (Å²) < 4.78 is 1.16. The first kappa shape index (κ1) is 13.6. The second-order valence-corrected chi connectivity index (χ2v) is 7.20. The van der Waals surface area contributed by atoms with E-state index in [1.54, 1.807) is 11.3 Å². The number of nitrogens with two attached hydrogens (primary N) is 1. The Balaban J connectivity index is 1.82. The number of rotatable bonds is 4. The Hall–Kier alpha value is -1.33. The van der Waals surface area contributed by atoms with Crippen molar-refractivity contribution in [2.45, 2.75) is 31.7 Å². The summed E-state index contributed by atoms with van der Waals surface area (Å²) in [6, 6.07) is 4.11. The largest absolute Gasteiger partial charge is 0.397 e. The van der Waals surface area contributed by atoms with Crippen LogP contribution in [0.5, 0.6) is 0 Å². The van der Waals surface area contributed by atoms with Gasteiger partial charge in [-0.3, -0.25) is 0 Å². The summed E-state index contributed by atoms with van der Waals surface area (Å²) in [4.78, 5) is 6.88. The average molecular weight is 290 g/mol. The molecule has 0 atom stereocenters. The molecule has 20 heavy (non-hydrogen) atoms. The number of hydrogen-bond acceptors (Lipinski definition) is 5. The van der Waals surface area contributed by atoms with Gasteiger partial charge in [0.05, 0.1) is 26.6 Å². The summed E-state index contributed by atoms with van der Waals surface area (Å²) in [7, 11) is 4.33. The zero-order chi connectivity index (χ0) is 14.3. The third-order valence-corrected chi connectivity index (χ3v) is 5.44. The molecule has 0 bridgehead atoms. The Kier molecular flexibility index (Phi) is 3.34. The van der Waals surface area contributed by atoms with Crippen molar-refractivity contribution in [3.63, 3.8) is 0 Å². The minimum Gasteiger partial charge on any atom is -0.397 e. The predicted octanol–water partition coefficient (Wildman–Crippen LogP) is 3.08. The van der Waals surface area contributed by atoms with Gasteiger partial charge in [-0.05, 0) is 52.4 Å². The summed E-state index contributed by atoms with van der Waals surface area (Å²) in [6.07, 6.45) is 3.83. The zero-order valence-electron chi connectivity index (χ0n) is 12.4. The molecule has 1 saturated carbocycles. The highest BCUT2D eigenvalue weighted by atomic mass is 32.1. The first-order valence-electron chi connectivity index (χ1n) is 7.08. The quantitative estimate of drug-likeness (QED) is 0.850. The van der Waals surface area contributed by atoms with Crippen LogP contribution in [0.2, 0.25) is 0 Å². The fraction of sp³-hybridized carbons (Fsp3) is 0.533. The molecule has 0 radical (unpaired) electrons. The molecule has 108 valence electrons. The van der Waals surface area contributed by atoms with Crippen LogP contribution in [-0.2, 0) is 0 Å². The Morgan fingerprint density at radius 1 is 1.40 bits per heavy atom. The van der Waals surface area contributed by atoms with Gasteiger partial charge in [-0.15, -0.1) is 11.3 Å². The smallest absolute Gasteiger partial charge is 0.0907 e. The van der Waals surface area contributed by atoms with Crippen LogP contribution in [0.15, 0.2) is 12.1 Å². The molecule has 5 heteroatoms. The SMILES string of the molecule is Cc1nc2cc(NCC3(N(C)C)CCC3)c(N)cc2s1. The molecule has 1 fully saturated rings. The number of nitrogens with zero attached hydrogens (tertiary/aromatic N) is 2. The number of anilines is 2. The maximum atomic E-state index is 6.16. The van der Waals surface area contributed by atoms with Crippen LogP contribution in [0.1, 0.15) is 24.3 Å². The number of nitrogen functional groups attached to an aromatic ring is 1. The van der Waals surface area contributed by atoms with Crippen molar-refractivity contribution in [2.24, 2.45) is 0 Å². The van der Waals surface area contributed by atoms with Gasteiger partial charge in [0.1, 0.15) is 0 Å². The highest BCUT2D eigenvalue weighted by Gasteiger charge is 2.38. The van der Waals surface area contributed by atoms with Crippen LogP contribution in [0, 0.1) is 6.92 Å². The van der Waals surface area contributed by atoms with Gasteiger partial charge in [-0.2, -0.15) is 0 Å². The van der Waals surface area contributed by atoms with Crippen LogP contribution in [-0.4, -0.2) is 36.1 Å². The van der Waals surface area contributed by atoms with Crippen molar-refractivity contribution in [1.29, 1.82) is 0 Å². The fourth-order valence-electron chi connectivity index (χ4n) is 2.88. The molecule has 3 N–H and O–H groups in total. The molecule has 0 spiro atoms. The monoisotopic (exact) mass is 290 g/mol. The number of benzene rings is 1. The summed E-state index contributed by atoms with van der Waals surface area (Å²) in [5.74, 6) is 0. The van der Waals surface area contributed by atoms with Crippen molar-refractivity contribution >= 4 is 32.9 Å². The Bertz CT molecular complexity index is 628. The zero-order valence-corrected chi connectivity index (χ0v) is 13.2. The van der Waals surface area contributed by atoms with Crippen LogP contribution in [0.3, 0.4) is 0 Å². The first-order chi connectivity index (χ1) is 9.50. The number of aryl methyl sites for hydroxylation is 1. The molecular weight excluding hydrogens is 268 g/mol. The fourth-order valence-corrected chi connectivity index (χ4v) is 3.74. The summed E-state index contributed by atoms with van der Waals surface area (Å²) >= 11 is 1.69. The molecule has 4 nitrogen and oxygen atoms in total. The molecule has 1 aliphatic carbocycles. The molecule has 1 aromatic heterocycles. The van der Waals surface area contributed by atoms with E-state index < -0.39 is 0 Å². The average Bonchev–Trinajstić information content (AvgIpc) is 2.66. The van der Waals surface area contributed by atoms with Gasteiger partial charge in [0, 0.05) is 12.1 Å². The predicted molar refractivity (Wildman–Crippen MR) is 87.5 cm³/mol. The van der Waals surface area contributed by atoms with Gasteiger partial charge >= 0.3 is 0 Å². The van der Waals surface area contributed by atoms with Gasteiger partial charge in [-0.1, -0.05) is 0 Å². The minimum absolute atomic E-state index is 0.291. The van der Waals surface area contributed by atoms with E-state index in [4.69, 9.17) is 5.73 Å². The lowest BCUT2D eigenvalue weighted by Gasteiger charge is -2.47. The van der Waals surface area contributed by atoms with Crippen molar-refractivity contribution < 1.29 is 0 Å². The van der Waals surface area contributed by atoms with Gasteiger partial charge < -0.3 is 16.0 Å². The molecule has 1 aliphatic rings. The number of hydrogen-bond donors (Lipinski definition) is 2. The Morgan fingerprint density at radius 3 is 2.75 bits per heavy atom. The number of nitrogens with one attached hydrogen (secondary N) is 1. The third kappa shape index (κ3) is 2.25. The normalized spacial score (nSPS) is 17.4. The number of likely N-dealkylation sites (N-methyl/N-ethyl adjacent to an activating group) is 1. The Labute approximate surface area is 124 Å². The van der Waals surface area contributed by atoms with E-state index in [1.165, 1.54) is 19.3 Å². The summed E-state index contributed by atoms with van der Waals surface area (Å²) in [5, 5.41) is 4.62. The molecule has 0 saturated heterocycles. The number of fused-ring (bicyclic) bond motifs is 1. The highest BCUT2D eigenvalue weighted by Crippen LogP contribution is 2.37. The van der Waals surface area contributed by atoms with Gasteiger partial charge in [0.15, 0.2) is 0 Å². The standard InChI is InChI=1S/C15H22N4S/c1-10-18-13-8-12(11(16)7-14(13)20-10)17-9-15(19(2)3)5-4-6-15/h7-8,17H,4-6,9,16H2,1-3H3. The lowest BCUT2D eigenvalue weighted by molar-refractivity contribution is 0.0739. The minimum atomic E-state index is 0.291. The Morgan fingerprint density at radius 2 is 2.15 bits per heavy atom. The van der Waals surface area contributed by atoms with Crippen LogP contribution in [0.4, 0.5) is 11.4 Å². The van der Waals surface area contributed by atoms with E-state index >= 15 is 0 Å². The third-order valence-electron chi connectivity index (χ3n) is 4.51. The maximum absolute atomic E-state index is 6.16. The van der Waals surface area contributed by atoms with Crippen molar-refractivity contribution in [2.75, 3.05) is 31.7 Å². The van der Waals surface area contributed by atoms with Gasteiger partial charge in [0.2, 0.25) is 0 Å². The van der Waals surface area contributed by atoms with Crippen LogP contribution >= 0.6 is 11.3 Å². The van der Waals surface area contributed by atoms with E-state index in [9.17, 15) is 0 Å². The van der Waals surface area contributed by atoms with E-state index in [0.29, 0.717) is 5.54 Å². The first-order valence-corrected chi connectivity index (χ1v) is 7.90. The lowest BCUT2D eigenvalue weighted by Crippen LogP contribution is -2.54. The molecule has 1 aromatic carbocycles. The van der Waals surface area contributed by atoms with E-state index in [0.717, 1.165) is 33.1 Å². The van der Waals surface area contributed by atoms with Crippen molar-refractivity contribution in [3.05, 3.63) is 17.1 Å². The second kappa shape index (κ2) is 4.90. The molecule has 1 heterocycles. The van der Waals surface area contributed by atoms with E-state index in [-0.39, 0.29) is 0 Å². The van der Waals surface area contributed by atoms with Gasteiger partial charge in [0.25, 0.3) is 0 Å². The number of thiazole rings is 1. The molecule has 0 unspecified atom stereocenters. The maximum Gasteiger partial charge on any atom is 0.0907 e. The van der Waals surface area contributed by atoms with Crippen LogP contribution in [0.25, 0.3) is 10.2 Å². The second-order valence-electron chi connectivity index (χ2n) is 5.97. The van der Waals surface area contributed by atoms with Gasteiger partial charge in [-0.25, -0.2) is 4.98 Å². The van der Waals surface area contributed by atoms with E-state index in [2.05, 4.69) is 35.4 Å². The lowest BCUT2D eigenvalue weighted by atomic mass is 9.75. The summed E-state index contributed by atoms with van der Waals surface area (Å²) in [5.41, 5.74) is 9.32. The number of aromatic nitrogens is 1. The molecular formula is C15H22N4S. The topological polar surface area (TPSA) is 54.2 Å². The molecule has 0 aliphatic heterocycles. The molecule has 2 aromatic rings. The van der Waals surface area contributed by atoms with Crippen molar-refractivity contribution in [3.8, 4) is 0 Å². The van der Waals surface area contributed by atoms with Crippen LogP contribution < -0.4 is 11.1 Å².